The molecule has 1 atom stereocenters. The second-order valence-corrected chi connectivity index (χ2v) is 6.68. The van der Waals surface area contributed by atoms with E-state index in [1.54, 1.807) is 0 Å². The molecule has 1 unspecified atom stereocenters. The van der Waals surface area contributed by atoms with Crippen molar-refractivity contribution in [3.05, 3.63) is 59.7 Å². The maximum Gasteiger partial charge on any atom is 0.338 e. The average Bonchev–Trinajstić information content (AvgIpc) is 2.98. The minimum atomic E-state index is -1.78. The highest BCUT2D eigenvalue weighted by molar-refractivity contribution is 14.1. The van der Waals surface area contributed by atoms with E-state index < -0.39 is 17.5 Å². The van der Waals surface area contributed by atoms with Gasteiger partial charge in [0.2, 0.25) is 5.54 Å². The number of halogens is 1. The Labute approximate surface area is 159 Å². The Bertz CT molecular complexity index is 777. The second-order valence-electron chi connectivity index (χ2n) is 5.92. The lowest BCUT2D eigenvalue weighted by Crippen LogP contribution is -2.58. The van der Waals surface area contributed by atoms with E-state index in [1.165, 1.54) is 7.11 Å². The largest absolute Gasteiger partial charge is 0.467 e. The molecule has 0 bridgehead atoms. The van der Waals surface area contributed by atoms with Gasteiger partial charge in [-0.3, -0.25) is 0 Å². The van der Waals surface area contributed by atoms with E-state index in [2.05, 4.69) is 16.9 Å². The molecule has 5 nitrogen and oxygen atoms in total. The van der Waals surface area contributed by atoms with E-state index in [4.69, 9.17) is 10.5 Å². The molecule has 0 saturated heterocycles. The number of ether oxygens (including phenoxy) is 2. The average molecular weight is 451 g/mol. The second kappa shape index (κ2) is 7.13. The number of carbonyl (C=O) groups is 2. The van der Waals surface area contributed by atoms with Crippen LogP contribution in [0.4, 0.5) is 0 Å². The maximum absolute atomic E-state index is 12.4. The van der Waals surface area contributed by atoms with Gasteiger partial charge in [-0.05, 0) is 22.3 Å². The van der Waals surface area contributed by atoms with Crippen LogP contribution in [0.1, 0.15) is 17.0 Å². The summed E-state index contributed by atoms with van der Waals surface area (Å²) >= 11 is 1.88. The smallest absolute Gasteiger partial charge is 0.338 e. The van der Waals surface area contributed by atoms with Crippen molar-refractivity contribution in [2.75, 3.05) is 18.1 Å². The van der Waals surface area contributed by atoms with Crippen LogP contribution in [-0.2, 0) is 19.1 Å². The highest BCUT2D eigenvalue weighted by Gasteiger charge is 2.44. The van der Waals surface area contributed by atoms with Crippen LogP contribution in [0.3, 0.4) is 0 Å². The van der Waals surface area contributed by atoms with Gasteiger partial charge >= 0.3 is 11.9 Å². The van der Waals surface area contributed by atoms with E-state index >= 15 is 0 Å². The molecule has 2 N–H and O–H groups in total. The van der Waals surface area contributed by atoms with Gasteiger partial charge < -0.3 is 15.2 Å². The van der Waals surface area contributed by atoms with Crippen molar-refractivity contribution < 1.29 is 19.1 Å². The third-order valence-corrected chi connectivity index (χ3v) is 5.67. The first kappa shape index (κ1) is 17.9. The van der Waals surface area contributed by atoms with Crippen LogP contribution in [0.2, 0.25) is 0 Å². The molecule has 2 aromatic carbocycles. The number of hydrogen-bond acceptors (Lipinski definition) is 5. The zero-order valence-corrected chi connectivity index (χ0v) is 15.9. The van der Waals surface area contributed by atoms with Gasteiger partial charge in [0, 0.05) is 10.3 Å². The molecule has 1 aliphatic carbocycles. The number of carbonyl (C=O) groups excluding carboxylic acids is 2. The van der Waals surface area contributed by atoms with Crippen molar-refractivity contribution in [3.63, 3.8) is 0 Å². The molecule has 25 heavy (non-hydrogen) atoms. The van der Waals surface area contributed by atoms with E-state index in [0.717, 1.165) is 22.3 Å². The Morgan fingerprint density at radius 2 is 1.56 bits per heavy atom. The molecule has 1 aliphatic rings. The normalized spacial score (nSPS) is 15.0. The van der Waals surface area contributed by atoms with Crippen LogP contribution in [0, 0.1) is 0 Å². The zero-order valence-electron chi connectivity index (χ0n) is 13.7. The summed E-state index contributed by atoms with van der Waals surface area (Å²) in [6.45, 7) is 0.124. The molecule has 0 aromatic heterocycles. The third kappa shape index (κ3) is 3.04. The number of esters is 2. The third-order valence-electron chi connectivity index (χ3n) is 4.47. The van der Waals surface area contributed by atoms with Crippen LogP contribution in [0.25, 0.3) is 11.1 Å². The molecular formula is C19H18INO4. The van der Waals surface area contributed by atoms with Crippen LogP contribution >= 0.6 is 22.6 Å². The van der Waals surface area contributed by atoms with Crippen molar-refractivity contribution in [2.45, 2.75) is 11.5 Å². The topological polar surface area (TPSA) is 78.6 Å². The summed E-state index contributed by atoms with van der Waals surface area (Å²) in [7, 11) is 1.20. The number of nitrogens with two attached hydrogens (primary N) is 1. The summed E-state index contributed by atoms with van der Waals surface area (Å²) in [5.41, 5.74) is 8.61. The molecule has 0 amide bonds. The van der Waals surface area contributed by atoms with Gasteiger partial charge in [-0.1, -0.05) is 71.1 Å². The Morgan fingerprint density at radius 1 is 1.04 bits per heavy atom. The number of rotatable bonds is 5. The van der Waals surface area contributed by atoms with Gasteiger partial charge in [0.1, 0.15) is 6.61 Å². The van der Waals surface area contributed by atoms with E-state index in [1.807, 2.05) is 59.0 Å². The number of hydrogen-bond donors (Lipinski definition) is 1. The minimum absolute atomic E-state index is 0.0764. The lowest BCUT2D eigenvalue weighted by Gasteiger charge is -2.23. The number of benzene rings is 2. The molecule has 0 heterocycles. The Balaban J connectivity index is 1.84. The van der Waals surface area contributed by atoms with E-state index in [-0.39, 0.29) is 17.0 Å². The Kier molecular flexibility index (Phi) is 5.10. The van der Waals surface area contributed by atoms with Gasteiger partial charge in [-0.25, -0.2) is 9.59 Å². The highest BCUT2D eigenvalue weighted by atomic mass is 127. The number of methoxy groups -OCH3 is 1. The first-order valence-electron chi connectivity index (χ1n) is 7.81. The quantitative estimate of drug-likeness (QED) is 0.328. The van der Waals surface area contributed by atoms with Crippen LogP contribution in [0.15, 0.2) is 48.5 Å². The summed E-state index contributed by atoms with van der Waals surface area (Å²) in [6, 6.07) is 16.1. The summed E-state index contributed by atoms with van der Waals surface area (Å²) < 4.78 is 10.2. The van der Waals surface area contributed by atoms with Gasteiger partial charge in [0.15, 0.2) is 0 Å². The van der Waals surface area contributed by atoms with Crippen LogP contribution in [0.5, 0.6) is 0 Å². The molecular weight excluding hydrogens is 433 g/mol. The molecule has 2 aromatic rings. The highest BCUT2D eigenvalue weighted by Crippen LogP contribution is 2.44. The molecule has 6 heteroatoms. The molecule has 0 saturated carbocycles. The predicted molar refractivity (Wildman–Crippen MR) is 103 cm³/mol. The van der Waals surface area contributed by atoms with Crippen LogP contribution in [-0.4, -0.2) is 35.6 Å². The predicted octanol–water partition coefficient (Wildman–Crippen LogP) is 2.65. The van der Waals surface area contributed by atoms with Crippen molar-refractivity contribution in [1.82, 2.24) is 0 Å². The summed E-state index contributed by atoms with van der Waals surface area (Å²) in [5.74, 6) is -1.64. The van der Waals surface area contributed by atoms with Crippen molar-refractivity contribution >= 4 is 34.5 Å². The van der Waals surface area contributed by atoms with Gasteiger partial charge in [-0.2, -0.15) is 0 Å². The lowest BCUT2D eigenvalue weighted by molar-refractivity contribution is -0.161. The molecule has 0 radical (unpaired) electrons. The molecule has 0 fully saturated rings. The van der Waals surface area contributed by atoms with E-state index in [9.17, 15) is 9.59 Å². The van der Waals surface area contributed by atoms with E-state index in [0.29, 0.717) is 0 Å². The molecule has 3 rings (SSSR count). The molecule has 0 aliphatic heterocycles. The number of fused-ring (bicyclic) bond motifs is 3. The molecule has 0 spiro atoms. The monoisotopic (exact) mass is 451 g/mol. The zero-order chi connectivity index (χ0) is 18.0. The number of alkyl halides is 1. The summed E-state index contributed by atoms with van der Waals surface area (Å²) in [5, 5.41) is 0. The summed E-state index contributed by atoms with van der Waals surface area (Å²) in [4.78, 5) is 24.3. The van der Waals surface area contributed by atoms with Crippen LogP contribution < -0.4 is 5.73 Å². The first-order valence-corrected chi connectivity index (χ1v) is 9.34. The van der Waals surface area contributed by atoms with Crippen molar-refractivity contribution in [2.24, 2.45) is 5.73 Å². The maximum atomic E-state index is 12.4. The van der Waals surface area contributed by atoms with Crippen molar-refractivity contribution in [3.8, 4) is 11.1 Å². The Morgan fingerprint density at radius 3 is 2.04 bits per heavy atom. The van der Waals surface area contributed by atoms with Gasteiger partial charge in [0.05, 0.1) is 7.11 Å². The Hall–Kier alpha value is -1.93. The summed E-state index contributed by atoms with van der Waals surface area (Å²) in [6.07, 6.45) is 0. The fourth-order valence-electron chi connectivity index (χ4n) is 3.10. The molecule has 130 valence electrons. The first-order chi connectivity index (χ1) is 12.0. The van der Waals surface area contributed by atoms with Gasteiger partial charge in [0.25, 0.3) is 0 Å². The lowest BCUT2D eigenvalue weighted by atomic mass is 9.98. The van der Waals surface area contributed by atoms with Gasteiger partial charge in [-0.15, -0.1) is 0 Å². The minimum Gasteiger partial charge on any atom is -0.467 e. The SMILES string of the molecule is COC(=O)C(N)(CI)C(=O)OCC1c2ccccc2-c2ccccc21. The fraction of sp³-hybridized carbons (Fsp3) is 0.263. The standard InChI is InChI=1S/C19H18INO4/c1-24-17(22)19(21,11-20)18(23)25-10-16-14-8-4-2-6-12(14)13-7-3-5-9-15(13)16/h2-9,16H,10-11,21H2,1H3. The van der Waals surface area contributed by atoms with Crippen molar-refractivity contribution in [1.29, 1.82) is 0 Å². The fourth-order valence-corrected chi connectivity index (χ4v) is 3.72.